The third kappa shape index (κ3) is 5.03. The second-order valence-corrected chi connectivity index (χ2v) is 8.37. The van der Waals surface area contributed by atoms with Crippen LogP contribution >= 0.6 is 0 Å². The van der Waals surface area contributed by atoms with E-state index in [-0.39, 0.29) is 5.41 Å². The zero-order valence-corrected chi connectivity index (χ0v) is 13.4. The van der Waals surface area contributed by atoms with Crippen LogP contribution in [0, 0.1) is 5.41 Å². The lowest BCUT2D eigenvalue weighted by atomic mass is 9.79. The Hall–Kier alpha value is -0.660. The normalized spacial score (nSPS) is 19.0. The molecule has 0 aromatic heterocycles. The van der Waals surface area contributed by atoms with E-state index in [1.165, 1.54) is 0 Å². The number of piperidine rings is 1. The number of methoxy groups -OCH3 is 1. The summed E-state index contributed by atoms with van der Waals surface area (Å²) in [6.07, 6.45) is 1.83. The van der Waals surface area contributed by atoms with Gasteiger partial charge in [-0.25, -0.2) is 8.42 Å². The van der Waals surface area contributed by atoms with Crippen molar-refractivity contribution in [2.45, 2.75) is 31.9 Å². The monoisotopic (exact) mass is 306 g/mol. The molecule has 6 nitrogen and oxygen atoms in total. The Kier molecular flexibility index (Phi) is 6.42. The zero-order chi connectivity index (χ0) is 15.2. The van der Waals surface area contributed by atoms with Crippen molar-refractivity contribution >= 4 is 15.7 Å². The quantitative estimate of drug-likeness (QED) is 0.688. The van der Waals surface area contributed by atoms with E-state index < -0.39 is 26.7 Å². The molecule has 0 aromatic carbocycles. The molecule has 1 aliphatic rings. The molecule has 0 bridgehead atoms. The fraction of sp³-hybridized carbons (Fsp3) is 0.923. The van der Waals surface area contributed by atoms with Gasteiger partial charge in [-0.1, -0.05) is 0 Å². The van der Waals surface area contributed by atoms with E-state index in [2.05, 4.69) is 10.6 Å². The number of ether oxygens (including phenoxy) is 1. The topological polar surface area (TPSA) is 84.5 Å². The van der Waals surface area contributed by atoms with Crippen LogP contribution in [-0.2, 0) is 19.4 Å². The van der Waals surface area contributed by atoms with Gasteiger partial charge in [0.2, 0.25) is 5.91 Å². The van der Waals surface area contributed by atoms with Gasteiger partial charge >= 0.3 is 0 Å². The summed E-state index contributed by atoms with van der Waals surface area (Å²) in [5, 5.41) is 5.51. The molecule has 2 N–H and O–H groups in total. The number of hydrogen-bond acceptors (Lipinski definition) is 5. The van der Waals surface area contributed by atoms with Gasteiger partial charge in [0, 0.05) is 19.1 Å². The van der Waals surface area contributed by atoms with Crippen molar-refractivity contribution in [2.75, 3.05) is 39.1 Å². The first kappa shape index (κ1) is 17.4. The molecule has 20 heavy (non-hydrogen) atoms. The molecule has 1 amide bonds. The number of sulfone groups is 1. The number of amides is 1. The van der Waals surface area contributed by atoms with Crippen molar-refractivity contribution in [3.8, 4) is 0 Å². The van der Waals surface area contributed by atoms with E-state index in [1.54, 1.807) is 21.0 Å². The molecule has 0 atom stereocenters. The molecule has 7 heteroatoms. The summed E-state index contributed by atoms with van der Waals surface area (Å²) in [6.45, 7) is 6.00. The third-order valence-electron chi connectivity index (χ3n) is 3.83. The average molecular weight is 306 g/mol. The Morgan fingerprint density at radius 3 is 2.45 bits per heavy atom. The molecule has 0 aliphatic carbocycles. The van der Waals surface area contributed by atoms with Gasteiger partial charge in [-0.2, -0.15) is 0 Å². The molecule has 0 aromatic rings. The summed E-state index contributed by atoms with van der Waals surface area (Å²) < 4.78 is 28.7. The average Bonchev–Trinajstić information content (AvgIpc) is 2.37. The number of carbonyl (C=O) groups is 1. The van der Waals surface area contributed by atoms with E-state index >= 15 is 0 Å². The summed E-state index contributed by atoms with van der Waals surface area (Å²) in [4.78, 5) is 11.8. The molecular formula is C13H26N2O4S. The van der Waals surface area contributed by atoms with E-state index in [9.17, 15) is 13.2 Å². The number of rotatable bonds is 7. The number of hydrogen-bond donors (Lipinski definition) is 2. The number of nitrogens with one attached hydrogen (secondary N) is 2. The molecule has 1 heterocycles. The van der Waals surface area contributed by atoms with Crippen molar-refractivity contribution in [1.82, 2.24) is 10.6 Å². The Morgan fingerprint density at radius 2 is 1.95 bits per heavy atom. The summed E-state index contributed by atoms with van der Waals surface area (Å²) in [5.41, 5.74) is -0.0861. The molecule has 0 unspecified atom stereocenters. The van der Waals surface area contributed by atoms with Crippen LogP contribution < -0.4 is 10.6 Å². The van der Waals surface area contributed by atoms with Crippen LogP contribution in [0.25, 0.3) is 0 Å². The molecule has 118 valence electrons. The van der Waals surface area contributed by atoms with Crippen LogP contribution in [0.4, 0.5) is 0 Å². The van der Waals surface area contributed by atoms with Crippen molar-refractivity contribution in [3.63, 3.8) is 0 Å². The first-order valence-electron chi connectivity index (χ1n) is 6.99. The van der Waals surface area contributed by atoms with E-state index in [4.69, 9.17) is 4.74 Å². The van der Waals surface area contributed by atoms with E-state index in [1.807, 2.05) is 0 Å². The molecule has 0 spiro atoms. The van der Waals surface area contributed by atoms with Gasteiger partial charge in [-0.05, 0) is 39.8 Å². The maximum absolute atomic E-state index is 11.8. The summed E-state index contributed by atoms with van der Waals surface area (Å²) >= 11 is 0. The molecule has 0 radical (unpaired) electrons. The Morgan fingerprint density at radius 1 is 1.35 bits per heavy atom. The second-order valence-electron chi connectivity index (χ2n) is 5.82. The minimum Gasteiger partial charge on any atom is -0.384 e. The van der Waals surface area contributed by atoms with Gasteiger partial charge < -0.3 is 15.4 Å². The van der Waals surface area contributed by atoms with Gasteiger partial charge in [-0.15, -0.1) is 0 Å². The lowest BCUT2D eigenvalue weighted by Gasteiger charge is -2.37. The molecular weight excluding hydrogens is 280 g/mol. The van der Waals surface area contributed by atoms with Crippen LogP contribution in [0.5, 0.6) is 0 Å². The van der Waals surface area contributed by atoms with Crippen LogP contribution in [0.3, 0.4) is 0 Å². The highest BCUT2D eigenvalue weighted by atomic mass is 32.2. The lowest BCUT2D eigenvalue weighted by Crippen LogP contribution is -2.48. The van der Waals surface area contributed by atoms with Crippen LogP contribution in [0.1, 0.15) is 26.7 Å². The van der Waals surface area contributed by atoms with Crippen LogP contribution in [-0.4, -0.2) is 58.7 Å². The van der Waals surface area contributed by atoms with Crippen LogP contribution in [0.15, 0.2) is 0 Å². The molecule has 1 fully saturated rings. The first-order valence-corrected chi connectivity index (χ1v) is 8.71. The van der Waals surface area contributed by atoms with Crippen molar-refractivity contribution in [2.24, 2.45) is 5.41 Å². The van der Waals surface area contributed by atoms with Gasteiger partial charge in [-0.3, -0.25) is 4.79 Å². The minimum atomic E-state index is -3.34. The maximum atomic E-state index is 11.8. The Labute approximate surface area is 121 Å². The largest absolute Gasteiger partial charge is 0.384 e. The van der Waals surface area contributed by atoms with Crippen molar-refractivity contribution in [3.05, 3.63) is 0 Å². The second kappa shape index (κ2) is 7.38. The Balaban J connectivity index is 2.53. The SMILES string of the molecule is COCC1(CNC(=O)CS(=O)(=O)C(C)C)CCNCC1. The zero-order valence-electron chi connectivity index (χ0n) is 12.6. The Bertz CT molecular complexity index is 409. The van der Waals surface area contributed by atoms with Crippen molar-refractivity contribution < 1.29 is 17.9 Å². The fourth-order valence-electron chi connectivity index (χ4n) is 2.32. The summed E-state index contributed by atoms with van der Waals surface area (Å²) in [5.74, 6) is -0.862. The predicted molar refractivity (Wildman–Crippen MR) is 78.3 cm³/mol. The lowest BCUT2D eigenvalue weighted by molar-refractivity contribution is -0.119. The third-order valence-corrected chi connectivity index (χ3v) is 5.93. The highest BCUT2D eigenvalue weighted by molar-refractivity contribution is 7.92. The number of carbonyl (C=O) groups excluding carboxylic acids is 1. The predicted octanol–water partition coefficient (Wildman–Crippen LogP) is -0.0580. The van der Waals surface area contributed by atoms with E-state index in [0.717, 1.165) is 25.9 Å². The van der Waals surface area contributed by atoms with Gasteiger partial charge in [0.05, 0.1) is 11.9 Å². The van der Waals surface area contributed by atoms with Crippen molar-refractivity contribution in [1.29, 1.82) is 0 Å². The van der Waals surface area contributed by atoms with E-state index in [0.29, 0.717) is 13.2 Å². The standard InChI is InChI=1S/C13H26N2O4S/c1-11(2)20(17,18)8-12(16)15-9-13(10-19-3)4-6-14-7-5-13/h11,14H,4-10H2,1-3H3,(H,15,16). The molecule has 1 rings (SSSR count). The molecule has 1 aliphatic heterocycles. The van der Waals surface area contributed by atoms with Gasteiger partial charge in [0.1, 0.15) is 5.75 Å². The minimum absolute atomic E-state index is 0.0861. The van der Waals surface area contributed by atoms with Gasteiger partial charge in [0.15, 0.2) is 9.84 Å². The molecule has 1 saturated heterocycles. The summed E-state index contributed by atoms with van der Waals surface area (Å²) in [6, 6.07) is 0. The van der Waals surface area contributed by atoms with Crippen LogP contribution in [0.2, 0.25) is 0 Å². The molecule has 0 saturated carbocycles. The smallest absolute Gasteiger partial charge is 0.235 e. The highest BCUT2D eigenvalue weighted by Gasteiger charge is 2.33. The first-order chi connectivity index (χ1) is 9.31. The summed E-state index contributed by atoms with van der Waals surface area (Å²) in [7, 11) is -1.69. The van der Waals surface area contributed by atoms with Gasteiger partial charge in [0.25, 0.3) is 0 Å². The highest BCUT2D eigenvalue weighted by Crippen LogP contribution is 2.28. The maximum Gasteiger partial charge on any atom is 0.235 e. The fourth-order valence-corrected chi connectivity index (χ4v) is 3.12.